The van der Waals surface area contributed by atoms with Gasteiger partial charge in [-0.25, -0.2) is 9.18 Å². The SMILES string of the molecule is COc1ccc(CNC(=O)c2[nH]ncc2NCc2cc(F)cc(NC(=O)Nc3ccc(C(F)(F)F)cc3Cl)c2)c(OC)c1. The van der Waals surface area contributed by atoms with Crippen LogP contribution >= 0.6 is 11.6 Å². The van der Waals surface area contributed by atoms with E-state index in [0.29, 0.717) is 28.8 Å². The van der Waals surface area contributed by atoms with Crippen molar-refractivity contribution in [2.75, 3.05) is 30.2 Å². The molecule has 0 bridgehead atoms. The van der Waals surface area contributed by atoms with Crippen LogP contribution in [0, 0.1) is 5.82 Å². The number of H-pyrrole nitrogens is 1. The summed E-state index contributed by atoms with van der Waals surface area (Å²) >= 11 is 5.88. The molecule has 4 aromatic rings. The van der Waals surface area contributed by atoms with Gasteiger partial charge >= 0.3 is 12.2 Å². The Kier molecular flexibility index (Phi) is 9.60. The monoisotopic (exact) mass is 620 g/mol. The molecule has 0 fully saturated rings. The van der Waals surface area contributed by atoms with Gasteiger partial charge in [-0.1, -0.05) is 11.6 Å². The lowest BCUT2D eigenvalue weighted by Crippen LogP contribution is -2.24. The molecule has 0 saturated heterocycles. The maximum absolute atomic E-state index is 14.3. The van der Waals surface area contributed by atoms with Crippen LogP contribution in [0.4, 0.5) is 39.4 Å². The van der Waals surface area contributed by atoms with Crippen molar-refractivity contribution in [3.63, 3.8) is 0 Å². The quantitative estimate of drug-likeness (QED) is 0.130. The van der Waals surface area contributed by atoms with E-state index in [2.05, 4.69) is 31.5 Å². The van der Waals surface area contributed by atoms with Gasteiger partial charge in [0.2, 0.25) is 0 Å². The third-order valence-corrected chi connectivity index (χ3v) is 6.36. The molecule has 0 aliphatic rings. The number of carbonyl (C=O) groups excluding carboxylic acids is 2. The van der Waals surface area contributed by atoms with Crippen LogP contribution in [0.3, 0.4) is 0 Å². The number of aromatic amines is 1. The van der Waals surface area contributed by atoms with Crippen LogP contribution in [-0.2, 0) is 19.3 Å². The third-order valence-electron chi connectivity index (χ3n) is 6.04. The molecule has 10 nitrogen and oxygen atoms in total. The summed E-state index contributed by atoms with van der Waals surface area (Å²) in [5.41, 5.74) is 0.621. The Bertz CT molecular complexity index is 1630. The molecule has 1 heterocycles. The smallest absolute Gasteiger partial charge is 0.416 e. The number of methoxy groups -OCH3 is 2. The standard InChI is InChI=1S/C28H25ClF4N6O4/c1-42-20-5-3-16(24(11-20)43-2)13-35-26(40)25-23(14-36-39-25)34-12-15-7-18(30)10-19(8-15)37-27(41)38-22-6-4-17(9-21(22)29)28(31,32)33/h3-11,14,34H,12-13H2,1-2H3,(H,35,40)(H,36,39)(H2,37,38,41). The Morgan fingerprint density at radius 3 is 2.44 bits per heavy atom. The minimum atomic E-state index is -4.59. The van der Waals surface area contributed by atoms with Crippen molar-refractivity contribution in [3.05, 3.63) is 94.0 Å². The molecule has 3 aromatic carbocycles. The van der Waals surface area contributed by atoms with Gasteiger partial charge in [0.15, 0.2) is 0 Å². The fraction of sp³-hybridized carbons (Fsp3) is 0.179. The topological polar surface area (TPSA) is 129 Å². The maximum Gasteiger partial charge on any atom is 0.416 e. The lowest BCUT2D eigenvalue weighted by Gasteiger charge is -2.13. The largest absolute Gasteiger partial charge is 0.497 e. The molecule has 0 radical (unpaired) electrons. The van der Waals surface area contributed by atoms with Gasteiger partial charge in [-0.15, -0.1) is 0 Å². The normalized spacial score (nSPS) is 11.0. The predicted molar refractivity (Wildman–Crippen MR) is 152 cm³/mol. The Morgan fingerprint density at radius 2 is 1.74 bits per heavy atom. The van der Waals surface area contributed by atoms with Crippen molar-refractivity contribution >= 4 is 40.6 Å². The van der Waals surface area contributed by atoms with Crippen LogP contribution in [-0.4, -0.2) is 36.4 Å². The number of rotatable bonds is 10. The van der Waals surface area contributed by atoms with E-state index in [-0.39, 0.29) is 35.2 Å². The number of nitrogens with one attached hydrogen (secondary N) is 5. The van der Waals surface area contributed by atoms with Gasteiger partial charge in [-0.05, 0) is 54.1 Å². The second-order valence-corrected chi connectivity index (χ2v) is 9.40. The number of hydrogen-bond acceptors (Lipinski definition) is 6. The molecule has 0 atom stereocenters. The van der Waals surface area contributed by atoms with Gasteiger partial charge < -0.3 is 30.7 Å². The van der Waals surface area contributed by atoms with E-state index < -0.39 is 29.5 Å². The first-order chi connectivity index (χ1) is 20.5. The average Bonchev–Trinajstić information content (AvgIpc) is 3.43. The summed E-state index contributed by atoms with van der Waals surface area (Å²) in [6.07, 6.45) is -3.20. The summed E-state index contributed by atoms with van der Waals surface area (Å²) in [5, 5.41) is 16.7. The highest BCUT2D eigenvalue weighted by atomic mass is 35.5. The summed E-state index contributed by atoms with van der Waals surface area (Å²) < 4.78 is 63.4. The van der Waals surface area contributed by atoms with Gasteiger partial charge in [-0.3, -0.25) is 9.89 Å². The van der Waals surface area contributed by atoms with Gasteiger partial charge in [0, 0.05) is 30.4 Å². The van der Waals surface area contributed by atoms with Crippen molar-refractivity contribution in [2.45, 2.75) is 19.3 Å². The summed E-state index contributed by atoms with van der Waals surface area (Å²) in [4.78, 5) is 25.3. The number of hydrogen-bond donors (Lipinski definition) is 5. The summed E-state index contributed by atoms with van der Waals surface area (Å²) in [6.45, 7) is 0.202. The van der Waals surface area contributed by atoms with Crippen LogP contribution < -0.4 is 30.7 Å². The number of halogens is 5. The number of benzene rings is 3. The molecule has 0 aliphatic carbocycles. The first-order valence-corrected chi connectivity index (χ1v) is 12.8. The van der Waals surface area contributed by atoms with E-state index in [1.807, 2.05) is 0 Å². The van der Waals surface area contributed by atoms with Gasteiger partial charge in [-0.2, -0.15) is 18.3 Å². The zero-order valence-electron chi connectivity index (χ0n) is 22.7. The number of urea groups is 1. The molecule has 0 aliphatic heterocycles. The third kappa shape index (κ3) is 8.07. The van der Waals surface area contributed by atoms with Gasteiger partial charge in [0.05, 0.1) is 42.4 Å². The number of nitrogens with zero attached hydrogens (tertiary/aromatic N) is 1. The Hall–Kier alpha value is -4.98. The van der Waals surface area contributed by atoms with Crippen LogP contribution in [0.5, 0.6) is 11.5 Å². The minimum Gasteiger partial charge on any atom is -0.497 e. The molecular formula is C28H25ClF4N6O4. The Balaban J connectivity index is 1.37. The average molecular weight is 621 g/mol. The van der Waals surface area contributed by atoms with E-state index in [0.717, 1.165) is 23.8 Å². The second kappa shape index (κ2) is 13.3. The first-order valence-electron chi connectivity index (χ1n) is 12.5. The molecule has 3 amide bonds. The van der Waals surface area contributed by atoms with Crippen LogP contribution in [0.2, 0.25) is 5.02 Å². The highest BCUT2D eigenvalue weighted by Gasteiger charge is 2.31. The molecule has 0 unspecified atom stereocenters. The lowest BCUT2D eigenvalue weighted by molar-refractivity contribution is -0.137. The van der Waals surface area contributed by atoms with Crippen LogP contribution in [0.1, 0.15) is 27.2 Å². The fourth-order valence-electron chi connectivity index (χ4n) is 3.95. The Labute approximate surface area is 247 Å². The number of anilines is 3. The number of amides is 3. The predicted octanol–water partition coefficient (Wildman–Crippen LogP) is 6.42. The second-order valence-electron chi connectivity index (χ2n) is 8.99. The molecule has 0 spiro atoms. The fourth-order valence-corrected chi connectivity index (χ4v) is 4.18. The first kappa shape index (κ1) is 31.0. The van der Waals surface area contributed by atoms with E-state index in [1.54, 1.807) is 18.2 Å². The van der Waals surface area contributed by atoms with Crippen molar-refractivity contribution in [3.8, 4) is 11.5 Å². The molecule has 5 N–H and O–H groups in total. The molecule has 1 aromatic heterocycles. The van der Waals surface area contributed by atoms with E-state index in [9.17, 15) is 27.2 Å². The van der Waals surface area contributed by atoms with E-state index in [4.69, 9.17) is 21.1 Å². The van der Waals surface area contributed by atoms with Crippen molar-refractivity contribution in [1.82, 2.24) is 15.5 Å². The van der Waals surface area contributed by atoms with E-state index in [1.165, 1.54) is 32.5 Å². The Morgan fingerprint density at radius 1 is 0.953 bits per heavy atom. The molecule has 15 heteroatoms. The molecule has 0 saturated carbocycles. The zero-order valence-corrected chi connectivity index (χ0v) is 23.4. The summed E-state index contributed by atoms with van der Waals surface area (Å²) in [5.74, 6) is 0.0139. The van der Waals surface area contributed by atoms with E-state index >= 15 is 0 Å². The summed E-state index contributed by atoms with van der Waals surface area (Å²) in [7, 11) is 3.04. The number of aromatic nitrogens is 2. The van der Waals surface area contributed by atoms with Crippen molar-refractivity contribution in [1.29, 1.82) is 0 Å². The number of alkyl halides is 3. The molecular weight excluding hydrogens is 596 g/mol. The molecule has 226 valence electrons. The van der Waals surface area contributed by atoms with Crippen molar-refractivity contribution in [2.24, 2.45) is 0 Å². The molecule has 4 rings (SSSR count). The highest BCUT2D eigenvalue weighted by Crippen LogP contribution is 2.34. The number of carbonyl (C=O) groups is 2. The van der Waals surface area contributed by atoms with Gasteiger partial charge in [0.25, 0.3) is 5.91 Å². The molecule has 43 heavy (non-hydrogen) atoms. The van der Waals surface area contributed by atoms with Gasteiger partial charge in [0.1, 0.15) is 23.0 Å². The van der Waals surface area contributed by atoms with Crippen LogP contribution in [0.15, 0.2) is 60.8 Å². The highest BCUT2D eigenvalue weighted by molar-refractivity contribution is 6.33. The number of ether oxygens (including phenoxy) is 2. The van der Waals surface area contributed by atoms with Crippen molar-refractivity contribution < 1.29 is 36.6 Å². The van der Waals surface area contributed by atoms with Crippen LogP contribution in [0.25, 0.3) is 0 Å². The minimum absolute atomic E-state index is 0.0465. The maximum atomic E-state index is 14.3. The zero-order chi connectivity index (χ0) is 31.1. The summed E-state index contributed by atoms with van der Waals surface area (Å²) in [6, 6.07) is 10.6. The lowest BCUT2D eigenvalue weighted by atomic mass is 10.1.